The lowest BCUT2D eigenvalue weighted by Gasteiger charge is -2.23. The highest BCUT2D eigenvalue weighted by Crippen LogP contribution is 2.23. The van der Waals surface area contributed by atoms with Gasteiger partial charge in [-0.15, -0.1) is 11.8 Å². The zero-order valence-electron chi connectivity index (χ0n) is 17.2. The van der Waals surface area contributed by atoms with Crippen molar-refractivity contribution in [3.63, 3.8) is 0 Å². The lowest BCUT2D eigenvalue weighted by atomic mass is 10.1. The summed E-state index contributed by atoms with van der Waals surface area (Å²) < 4.78 is 1.93. The molecule has 8 heteroatoms. The molecule has 0 bridgehead atoms. The first-order chi connectivity index (χ1) is 15.7. The van der Waals surface area contributed by atoms with E-state index in [9.17, 15) is 9.59 Å². The third-order valence-electron chi connectivity index (χ3n) is 5.44. The van der Waals surface area contributed by atoms with Crippen LogP contribution in [0.3, 0.4) is 0 Å². The number of aromatic nitrogens is 3. The van der Waals surface area contributed by atoms with Gasteiger partial charge in [0.25, 0.3) is 5.91 Å². The maximum absolute atomic E-state index is 12.8. The number of amides is 2. The Balaban J connectivity index is 1.23. The molecule has 2 aromatic carbocycles. The van der Waals surface area contributed by atoms with Crippen molar-refractivity contribution in [1.29, 1.82) is 0 Å². The van der Waals surface area contributed by atoms with Crippen LogP contribution in [0.5, 0.6) is 0 Å². The fourth-order valence-electron chi connectivity index (χ4n) is 3.72. The van der Waals surface area contributed by atoms with Crippen molar-refractivity contribution < 1.29 is 9.59 Å². The second-order valence-corrected chi connectivity index (χ2v) is 8.50. The van der Waals surface area contributed by atoms with Crippen LogP contribution in [0, 0.1) is 0 Å². The van der Waals surface area contributed by atoms with Crippen LogP contribution in [0.1, 0.15) is 15.9 Å². The average Bonchev–Trinajstić information content (AvgIpc) is 3.51. The molecule has 2 aromatic heterocycles. The molecule has 1 saturated heterocycles. The van der Waals surface area contributed by atoms with Gasteiger partial charge in [-0.05, 0) is 35.9 Å². The standard InChI is InChI=1S/C24H21N5O2S/c30-23(21-14-32-16-29(21)24(31)18-6-2-1-3-7-18)26-13-17-10-11-22(25-12-17)28-15-27-19-8-4-5-9-20(19)28/h1-12,15,21H,13-14,16H2,(H,26,30). The Bertz CT molecular complexity index is 1260. The Labute approximate surface area is 189 Å². The van der Waals surface area contributed by atoms with E-state index >= 15 is 0 Å². The summed E-state index contributed by atoms with van der Waals surface area (Å²) in [6, 6.07) is 20.3. The molecule has 7 nitrogen and oxygen atoms in total. The Morgan fingerprint density at radius 1 is 1.00 bits per heavy atom. The molecule has 4 aromatic rings. The molecule has 1 fully saturated rings. The SMILES string of the molecule is O=C(NCc1ccc(-n2cnc3ccccc32)nc1)C1CSCN1C(=O)c1ccccc1. The second kappa shape index (κ2) is 8.84. The summed E-state index contributed by atoms with van der Waals surface area (Å²) in [7, 11) is 0. The van der Waals surface area contributed by atoms with E-state index in [0.717, 1.165) is 22.4 Å². The quantitative estimate of drug-likeness (QED) is 0.512. The number of thioether (sulfide) groups is 1. The van der Waals surface area contributed by atoms with Crippen molar-refractivity contribution >= 4 is 34.6 Å². The molecule has 32 heavy (non-hydrogen) atoms. The summed E-state index contributed by atoms with van der Waals surface area (Å²) in [6.07, 6.45) is 3.51. The monoisotopic (exact) mass is 443 g/mol. The van der Waals surface area contributed by atoms with Gasteiger partial charge in [0.15, 0.2) is 0 Å². The fourth-order valence-corrected chi connectivity index (χ4v) is 4.87. The number of pyridine rings is 1. The smallest absolute Gasteiger partial charge is 0.255 e. The fraction of sp³-hybridized carbons (Fsp3) is 0.167. The van der Waals surface area contributed by atoms with Crippen LogP contribution in [0.15, 0.2) is 79.3 Å². The lowest BCUT2D eigenvalue weighted by Crippen LogP contribution is -2.47. The largest absolute Gasteiger partial charge is 0.350 e. The van der Waals surface area contributed by atoms with E-state index in [1.165, 1.54) is 0 Å². The molecule has 0 radical (unpaired) electrons. The Morgan fingerprint density at radius 2 is 1.81 bits per heavy atom. The summed E-state index contributed by atoms with van der Waals surface area (Å²) >= 11 is 1.59. The highest BCUT2D eigenvalue weighted by molar-refractivity contribution is 7.99. The molecule has 1 N–H and O–H groups in total. The van der Waals surface area contributed by atoms with Crippen LogP contribution in [0.25, 0.3) is 16.9 Å². The van der Waals surface area contributed by atoms with Crippen molar-refractivity contribution in [3.8, 4) is 5.82 Å². The summed E-state index contributed by atoms with van der Waals surface area (Å²) in [5, 5.41) is 2.96. The molecular formula is C24H21N5O2S. The molecule has 3 heterocycles. The van der Waals surface area contributed by atoms with E-state index in [1.807, 2.05) is 59.2 Å². The number of hydrogen-bond donors (Lipinski definition) is 1. The van der Waals surface area contributed by atoms with Crippen molar-refractivity contribution in [1.82, 2.24) is 24.8 Å². The maximum Gasteiger partial charge on any atom is 0.255 e. The topological polar surface area (TPSA) is 80.1 Å². The van der Waals surface area contributed by atoms with Gasteiger partial charge in [-0.25, -0.2) is 9.97 Å². The Kier molecular flexibility index (Phi) is 5.60. The number of fused-ring (bicyclic) bond motifs is 1. The van der Waals surface area contributed by atoms with E-state index in [-0.39, 0.29) is 11.8 Å². The zero-order valence-corrected chi connectivity index (χ0v) is 18.0. The van der Waals surface area contributed by atoms with Gasteiger partial charge in [-0.1, -0.05) is 36.4 Å². The highest BCUT2D eigenvalue weighted by Gasteiger charge is 2.34. The first-order valence-corrected chi connectivity index (χ1v) is 11.4. The van der Waals surface area contributed by atoms with Gasteiger partial charge in [0, 0.05) is 24.1 Å². The first kappa shape index (κ1) is 20.3. The van der Waals surface area contributed by atoms with Crippen molar-refractivity contribution in [2.75, 3.05) is 11.6 Å². The number of benzene rings is 2. The maximum atomic E-state index is 12.8. The van der Waals surface area contributed by atoms with E-state index in [1.54, 1.807) is 41.3 Å². The van der Waals surface area contributed by atoms with Gasteiger partial charge in [0.1, 0.15) is 18.2 Å². The minimum atomic E-state index is -0.475. The number of hydrogen-bond acceptors (Lipinski definition) is 5. The van der Waals surface area contributed by atoms with Crippen LogP contribution in [-0.4, -0.2) is 48.9 Å². The molecule has 0 spiro atoms. The zero-order chi connectivity index (χ0) is 21.9. The minimum Gasteiger partial charge on any atom is -0.350 e. The van der Waals surface area contributed by atoms with E-state index < -0.39 is 6.04 Å². The van der Waals surface area contributed by atoms with Crippen molar-refractivity contribution in [3.05, 3.63) is 90.4 Å². The number of nitrogens with zero attached hydrogens (tertiary/aromatic N) is 4. The molecule has 5 rings (SSSR count). The second-order valence-electron chi connectivity index (χ2n) is 7.50. The molecule has 1 atom stereocenters. The molecule has 0 aliphatic carbocycles. The van der Waals surface area contributed by atoms with Gasteiger partial charge in [0.2, 0.25) is 5.91 Å². The van der Waals surface area contributed by atoms with Crippen LogP contribution in [-0.2, 0) is 11.3 Å². The molecule has 0 saturated carbocycles. The molecule has 1 aliphatic rings. The molecule has 2 amide bonds. The molecule has 1 aliphatic heterocycles. The lowest BCUT2D eigenvalue weighted by molar-refractivity contribution is -0.124. The summed E-state index contributed by atoms with van der Waals surface area (Å²) in [5.41, 5.74) is 3.38. The third kappa shape index (κ3) is 3.97. The van der Waals surface area contributed by atoms with Crippen LogP contribution < -0.4 is 5.32 Å². The first-order valence-electron chi connectivity index (χ1n) is 10.3. The third-order valence-corrected chi connectivity index (χ3v) is 6.45. The van der Waals surface area contributed by atoms with Crippen molar-refractivity contribution in [2.45, 2.75) is 12.6 Å². The van der Waals surface area contributed by atoms with E-state index in [2.05, 4.69) is 15.3 Å². The number of imidazole rings is 1. The number of carbonyl (C=O) groups is 2. The van der Waals surface area contributed by atoms with Crippen LogP contribution in [0.2, 0.25) is 0 Å². The highest BCUT2D eigenvalue weighted by atomic mass is 32.2. The Hall–Kier alpha value is -3.65. The summed E-state index contributed by atoms with van der Waals surface area (Å²) in [6.45, 7) is 0.353. The summed E-state index contributed by atoms with van der Waals surface area (Å²) in [5.74, 6) is 1.61. The molecular weight excluding hydrogens is 422 g/mol. The van der Waals surface area contributed by atoms with Crippen LogP contribution >= 0.6 is 11.8 Å². The molecule has 160 valence electrons. The van der Waals surface area contributed by atoms with E-state index in [4.69, 9.17) is 0 Å². The Morgan fingerprint density at radius 3 is 2.62 bits per heavy atom. The van der Waals surface area contributed by atoms with Gasteiger partial charge in [-0.2, -0.15) is 0 Å². The number of carbonyl (C=O) groups excluding carboxylic acids is 2. The average molecular weight is 444 g/mol. The van der Waals surface area contributed by atoms with Gasteiger partial charge in [-0.3, -0.25) is 14.2 Å². The summed E-state index contributed by atoms with van der Waals surface area (Å²) in [4.78, 5) is 36.2. The van der Waals surface area contributed by atoms with Gasteiger partial charge < -0.3 is 10.2 Å². The van der Waals surface area contributed by atoms with Crippen LogP contribution in [0.4, 0.5) is 0 Å². The predicted molar refractivity (Wildman–Crippen MR) is 124 cm³/mol. The number of para-hydroxylation sites is 2. The normalized spacial score (nSPS) is 15.8. The number of nitrogens with one attached hydrogen (secondary N) is 1. The predicted octanol–water partition coefficient (Wildman–Crippen LogP) is 3.25. The van der Waals surface area contributed by atoms with E-state index in [0.29, 0.717) is 23.7 Å². The van der Waals surface area contributed by atoms with Gasteiger partial charge >= 0.3 is 0 Å². The van der Waals surface area contributed by atoms with Crippen molar-refractivity contribution in [2.24, 2.45) is 0 Å². The minimum absolute atomic E-state index is 0.116. The molecule has 1 unspecified atom stereocenters. The van der Waals surface area contributed by atoms with Gasteiger partial charge in [0.05, 0.1) is 16.9 Å². The number of rotatable bonds is 5.